The minimum Gasteiger partial charge on any atom is -0.367 e. The summed E-state index contributed by atoms with van der Waals surface area (Å²) in [6.07, 6.45) is 6.94. The highest BCUT2D eigenvalue weighted by atomic mass is 35.5. The molecule has 0 atom stereocenters. The molecule has 0 aliphatic heterocycles. The molecule has 0 saturated heterocycles. The van der Waals surface area contributed by atoms with Crippen molar-refractivity contribution in [3.8, 4) is 0 Å². The van der Waals surface area contributed by atoms with Gasteiger partial charge in [-0.05, 0) is 18.8 Å². The number of rotatable bonds is 3. The van der Waals surface area contributed by atoms with E-state index in [4.69, 9.17) is 11.6 Å². The van der Waals surface area contributed by atoms with Crippen molar-refractivity contribution in [3.63, 3.8) is 0 Å². The SMILES string of the molecule is CC(C)c1cnn2c(NC3CCCC3)cc(Cl)nc12. The van der Waals surface area contributed by atoms with Gasteiger partial charge in [-0.1, -0.05) is 38.3 Å². The summed E-state index contributed by atoms with van der Waals surface area (Å²) in [5.41, 5.74) is 2.00. The molecule has 0 spiro atoms. The molecule has 1 fully saturated rings. The maximum atomic E-state index is 6.15. The molecule has 0 radical (unpaired) electrons. The summed E-state index contributed by atoms with van der Waals surface area (Å²) in [4.78, 5) is 4.42. The van der Waals surface area contributed by atoms with Gasteiger partial charge < -0.3 is 5.32 Å². The number of hydrogen-bond acceptors (Lipinski definition) is 3. The third-order valence-electron chi connectivity index (χ3n) is 3.80. The van der Waals surface area contributed by atoms with E-state index in [1.165, 1.54) is 25.7 Å². The molecule has 0 bridgehead atoms. The Labute approximate surface area is 118 Å². The Kier molecular flexibility index (Phi) is 3.35. The fourth-order valence-electron chi connectivity index (χ4n) is 2.74. The Bertz CT molecular complexity index is 584. The normalized spacial score (nSPS) is 16.6. The molecule has 0 aromatic carbocycles. The van der Waals surface area contributed by atoms with Crippen LogP contribution in [0, 0.1) is 0 Å². The van der Waals surface area contributed by atoms with Gasteiger partial charge in [0, 0.05) is 17.7 Å². The maximum absolute atomic E-state index is 6.15. The highest BCUT2D eigenvalue weighted by Gasteiger charge is 2.18. The van der Waals surface area contributed by atoms with Crippen LogP contribution >= 0.6 is 11.6 Å². The van der Waals surface area contributed by atoms with Crippen LogP contribution in [0.5, 0.6) is 0 Å². The molecule has 0 unspecified atom stereocenters. The Morgan fingerprint density at radius 1 is 1.37 bits per heavy atom. The van der Waals surface area contributed by atoms with Crippen LogP contribution in [0.4, 0.5) is 5.82 Å². The van der Waals surface area contributed by atoms with E-state index >= 15 is 0 Å². The van der Waals surface area contributed by atoms with Gasteiger partial charge >= 0.3 is 0 Å². The topological polar surface area (TPSA) is 42.2 Å². The van der Waals surface area contributed by atoms with Gasteiger partial charge in [0.25, 0.3) is 0 Å². The molecular weight excluding hydrogens is 260 g/mol. The quantitative estimate of drug-likeness (QED) is 0.867. The van der Waals surface area contributed by atoms with Crippen LogP contribution in [-0.2, 0) is 0 Å². The molecule has 1 aliphatic carbocycles. The Hall–Kier alpha value is -1.29. The number of anilines is 1. The van der Waals surface area contributed by atoms with E-state index in [0.29, 0.717) is 17.1 Å². The molecule has 19 heavy (non-hydrogen) atoms. The van der Waals surface area contributed by atoms with Crippen molar-refractivity contribution in [1.82, 2.24) is 14.6 Å². The molecule has 5 heteroatoms. The van der Waals surface area contributed by atoms with E-state index in [-0.39, 0.29) is 0 Å². The van der Waals surface area contributed by atoms with Crippen LogP contribution in [0.2, 0.25) is 5.15 Å². The summed E-state index contributed by atoms with van der Waals surface area (Å²) in [6.45, 7) is 4.29. The van der Waals surface area contributed by atoms with Crippen molar-refractivity contribution in [3.05, 3.63) is 23.0 Å². The lowest BCUT2D eigenvalue weighted by Gasteiger charge is -2.15. The second-order valence-electron chi connectivity index (χ2n) is 5.58. The molecule has 2 heterocycles. The average molecular weight is 279 g/mol. The van der Waals surface area contributed by atoms with Gasteiger partial charge in [-0.3, -0.25) is 0 Å². The fourth-order valence-corrected chi connectivity index (χ4v) is 2.92. The third-order valence-corrected chi connectivity index (χ3v) is 3.99. The number of halogens is 1. The minimum absolute atomic E-state index is 0.391. The second kappa shape index (κ2) is 5.00. The van der Waals surface area contributed by atoms with Crippen LogP contribution in [0.25, 0.3) is 5.65 Å². The van der Waals surface area contributed by atoms with Crippen LogP contribution in [0.1, 0.15) is 51.0 Å². The highest BCUT2D eigenvalue weighted by molar-refractivity contribution is 6.29. The summed E-state index contributed by atoms with van der Waals surface area (Å²) in [7, 11) is 0. The minimum atomic E-state index is 0.391. The van der Waals surface area contributed by atoms with Crippen LogP contribution in [-0.4, -0.2) is 20.6 Å². The van der Waals surface area contributed by atoms with Gasteiger partial charge in [-0.25, -0.2) is 4.98 Å². The molecule has 102 valence electrons. The van der Waals surface area contributed by atoms with Crippen molar-refractivity contribution in [2.45, 2.75) is 51.5 Å². The van der Waals surface area contributed by atoms with Crippen LogP contribution in [0.3, 0.4) is 0 Å². The number of fused-ring (bicyclic) bond motifs is 1. The molecule has 3 rings (SSSR count). The van der Waals surface area contributed by atoms with Crippen molar-refractivity contribution >= 4 is 23.1 Å². The zero-order chi connectivity index (χ0) is 13.4. The lowest BCUT2D eigenvalue weighted by Crippen LogP contribution is -2.17. The number of nitrogens with zero attached hydrogens (tertiary/aromatic N) is 3. The highest BCUT2D eigenvalue weighted by Crippen LogP contribution is 2.26. The van der Waals surface area contributed by atoms with Crippen molar-refractivity contribution in [1.29, 1.82) is 0 Å². The van der Waals surface area contributed by atoms with E-state index in [0.717, 1.165) is 17.0 Å². The van der Waals surface area contributed by atoms with E-state index in [2.05, 4.69) is 29.2 Å². The van der Waals surface area contributed by atoms with E-state index in [9.17, 15) is 0 Å². The Morgan fingerprint density at radius 2 is 2.11 bits per heavy atom. The van der Waals surface area contributed by atoms with Gasteiger partial charge in [0.1, 0.15) is 11.0 Å². The number of nitrogens with one attached hydrogen (secondary N) is 1. The standard InChI is InChI=1S/C14H19ClN4/c1-9(2)11-8-16-19-13(7-12(15)18-14(11)19)17-10-5-3-4-6-10/h7-10,17H,3-6H2,1-2H3. The summed E-state index contributed by atoms with van der Waals surface area (Å²) in [5, 5.41) is 8.53. The number of hydrogen-bond donors (Lipinski definition) is 1. The molecule has 1 saturated carbocycles. The summed E-state index contributed by atoms with van der Waals surface area (Å²) in [6, 6.07) is 2.40. The predicted octanol–water partition coefficient (Wildman–Crippen LogP) is 3.86. The zero-order valence-corrected chi connectivity index (χ0v) is 12.1. The van der Waals surface area contributed by atoms with Gasteiger partial charge in [0.15, 0.2) is 5.65 Å². The van der Waals surface area contributed by atoms with Crippen molar-refractivity contribution in [2.75, 3.05) is 5.32 Å². The molecule has 2 aromatic heterocycles. The smallest absolute Gasteiger partial charge is 0.162 e. The van der Waals surface area contributed by atoms with Crippen LogP contribution < -0.4 is 5.32 Å². The summed E-state index contributed by atoms with van der Waals surface area (Å²) in [5.74, 6) is 1.34. The molecule has 2 aromatic rings. The molecule has 4 nitrogen and oxygen atoms in total. The molecule has 1 aliphatic rings. The van der Waals surface area contributed by atoms with Crippen molar-refractivity contribution < 1.29 is 0 Å². The lowest BCUT2D eigenvalue weighted by atomic mass is 10.1. The second-order valence-corrected chi connectivity index (χ2v) is 5.97. The fraction of sp³-hybridized carbons (Fsp3) is 0.571. The molecule has 1 N–H and O–H groups in total. The van der Waals surface area contributed by atoms with E-state index in [1.807, 2.05) is 16.8 Å². The van der Waals surface area contributed by atoms with Crippen molar-refractivity contribution in [2.24, 2.45) is 0 Å². The molecule has 0 amide bonds. The van der Waals surface area contributed by atoms with Gasteiger partial charge in [-0.2, -0.15) is 9.61 Å². The van der Waals surface area contributed by atoms with Gasteiger partial charge in [0.05, 0.1) is 6.20 Å². The largest absolute Gasteiger partial charge is 0.367 e. The lowest BCUT2D eigenvalue weighted by molar-refractivity contribution is 0.740. The predicted molar refractivity (Wildman–Crippen MR) is 78.0 cm³/mol. The first-order chi connectivity index (χ1) is 9.15. The first-order valence-electron chi connectivity index (χ1n) is 6.96. The van der Waals surface area contributed by atoms with Crippen LogP contribution in [0.15, 0.2) is 12.3 Å². The molecular formula is C14H19ClN4. The Balaban J connectivity index is 2.03. The van der Waals surface area contributed by atoms with Gasteiger partial charge in [-0.15, -0.1) is 0 Å². The van der Waals surface area contributed by atoms with E-state index in [1.54, 1.807) is 0 Å². The Morgan fingerprint density at radius 3 is 2.79 bits per heavy atom. The average Bonchev–Trinajstić information content (AvgIpc) is 2.97. The summed E-state index contributed by atoms with van der Waals surface area (Å²) >= 11 is 6.15. The first-order valence-corrected chi connectivity index (χ1v) is 7.33. The third kappa shape index (κ3) is 2.41. The summed E-state index contributed by atoms with van der Waals surface area (Å²) < 4.78 is 1.87. The van der Waals surface area contributed by atoms with Gasteiger partial charge in [0.2, 0.25) is 0 Å². The number of aromatic nitrogens is 3. The van der Waals surface area contributed by atoms with E-state index < -0.39 is 0 Å². The maximum Gasteiger partial charge on any atom is 0.162 e. The monoisotopic (exact) mass is 278 g/mol. The first kappa shape index (κ1) is 12.7. The zero-order valence-electron chi connectivity index (χ0n) is 11.4.